The molecule has 0 amide bonds. The highest BCUT2D eigenvalue weighted by molar-refractivity contribution is 5.85. The van der Waals surface area contributed by atoms with E-state index in [1.807, 2.05) is 0 Å². The molecular formula is C15H18O5. The Bertz CT molecular complexity index is 489. The number of carbonyl (C=O) groups is 1. The second-order valence-corrected chi connectivity index (χ2v) is 4.62. The Labute approximate surface area is 117 Å². The summed E-state index contributed by atoms with van der Waals surface area (Å²) in [5.74, 6) is 0.695. The lowest BCUT2D eigenvalue weighted by Crippen LogP contribution is -2.12. The molecule has 1 heterocycles. The SMILES string of the molecule is COc1cc(C=CC(=O)O)ccc1OCC1CCOC1. The molecule has 1 N–H and O–H groups in total. The van der Waals surface area contributed by atoms with Gasteiger partial charge in [0.05, 0.1) is 20.3 Å². The van der Waals surface area contributed by atoms with Gasteiger partial charge in [-0.1, -0.05) is 6.07 Å². The maximum absolute atomic E-state index is 10.5. The van der Waals surface area contributed by atoms with E-state index < -0.39 is 5.97 Å². The molecule has 5 nitrogen and oxygen atoms in total. The van der Waals surface area contributed by atoms with Crippen molar-refractivity contribution in [3.63, 3.8) is 0 Å². The van der Waals surface area contributed by atoms with Crippen LogP contribution in [-0.4, -0.2) is 38.0 Å². The van der Waals surface area contributed by atoms with Crippen LogP contribution in [0.25, 0.3) is 6.08 Å². The van der Waals surface area contributed by atoms with Crippen LogP contribution < -0.4 is 9.47 Å². The molecule has 0 aromatic heterocycles. The highest BCUT2D eigenvalue weighted by Gasteiger charge is 2.17. The van der Waals surface area contributed by atoms with E-state index in [2.05, 4.69) is 0 Å². The first-order valence-electron chi connectivity index (χ1n) is 6.48. The molecule has 1 saturated heterocycles. The predicted molar refractivity (Wildman–Crippen MR) is 74.1 cm³/mol. The number of carboxylic acid groups (broad SMARTS) is 1. The summed E-state index contributed by atoms with van der Waals surface area (Å²) in [4.78, 5) is 10.5. The fraction of sp³-hybridized carbons (Fsp3) is 0.400. The summed E-state index contributed by atoms with van der Waals surface area (Å²) in [7, 11) is 1.56. The quantitative estimate of drug-likeness (QED) is 0.808. The number of methoxy groups -OCH3 is 1. The number of rotatable bonds is 6. The lowest BCUT2D eigenvalue weighted by Gasteiger charge is -2.13. The maximum atomic E-state index is 10.5. The lowest BCUT2D eigenvalue weighted by molar-refractivity contribution is -0.131. The Kier molecular flexibility index (Phi) is 5.01. The third-order valence-electron chi connectivity index (χ3n) is 3.10. The second-order valence-electron chi connectivity index (χ2n) is 4.62. The summed E-state index contributed by atoms with van der Waals surface area (Å²) < 4.78 is 16.3. The number of carboxylic acids is 1. The molecule has 1 aliphatic heterocycles. The first-order chi connectivity index (χ1) is 9.69. The molecule has 0 saturated carbocycles. The summed E-state index contributed by atoms with van der Waals surface area (Å²) in [5, 5.41) is 8.61. The van der Waals surface area contributed by atoms with Crippen LogP contribution >= 0.6 is 0 Å². The molecule has 1 atom stereocenters. The Balaban J connectivity index is 2.03. The third kappa shape index (κ3) is 3.99. The Morgan fingerprint density at radius 3 is 3.00 bits per heavy atom. The smallest absolute Gasteiger partial charge is 0.328 e. The number of hydrogen-bond donors (Lipinski definition) is 1. The van der Waals surface area contributed by atoms with Gasteiger partial charge in [-0.05, 0) is 30.2 Å². The fourth-order valence-corrected chi connectivity index (χ4v) is 2.00. The molecule has 5 heteroatoms. The van der Waals surface area contributed by atoms with Crippen LogP contribution in [0.4, 0.5) is 0 Å². The minimum absolute atomic E-state index is 0.422. The minimum atomic E-state index is -0.981. The molecule has 1 aliphatic rings. The lowest BCUT2D eigenvalue weighted by atomic mass is 10.1. The van der Waals surface area contributed by atoms with Gasteiger partial charge in [-0.2, -0.15) is 0 Å². The monoisotopic (exact) mass is 278 g/mol. The van der Waals surface area contributed by atoms with E-state index in [0.29, 0.717) is 24.0 Å². The summed E-state index contributed by atoms with van der Waals surface area (Å²) in [6, 6.07) is 5.33. The van der Waals surface area contributed by atoms with Crippen LogP contribution in [-0.2, 0) is 9.53 Å². The number of ether oxygens (including phenoxy) is 3. The van der Waals surface area contributed by atoms with Gasteiger partial charge in [0.1, 0.15) is 0 Å². The average molecular weight is 278 g/mol. The molecule has 0 spiro atoms. The summed E-state index contributed by atoms with van der Waals surface area (Å²) in [6.45, 7) is 2.13. The molecule has 0 radical (unpaired) electrons. The molecule has 108 valence electrons. The third-order valence-corrected chi connectivity index (χ3v) is 3.10. The molecule has 0 aliphatic carbocycles. The average Bonchev–Trinajstić information content (AvgIpc) is 2.96. The van der Waals surface area contributed by atoms with E-state index in [9.17, 15) is 4.79 Å². The van der Waals surface area contributed by atoms with Gasteiger partial charge < -0.3 is 19.3 Å². The van der Waals surface area contributed by atoms with Crippen LogP contribution in [0.15, 0.2) is 24.3 Å². The van der Waals surface area contributed by atoms with Gasteiger partial charge in [0.25, 0.3) is 0 Å². The van der Waals surface area contributed by atoms with Crippen molar-refractivity contribution in [3.8, 4) is 11.5 Å². The van der Waals surface area contributed by atoms with Crippen LogP contribution in [0.1, 0.15) is 12.0 Å². The summed E-state index contributed by atoms with van der Waals surface area (Å²) in [5.41, 5.74) is 0.751. The standard InChI is InChI=1S/C15H18O5/c1-18-14-8-11(3-5-15(16)17)2-4-13(14)20-10-12-6-7-19-9-12/h2-5,8,12H,6-7,9-10H2,1H3,(H,16,17). The molecule has 1 unspecified atom stereocenters. The highest BCUT2D eigenvalue weighted by Crippen LogP contribution is 2.29. The maximum Gasteiger partial charge on any atom is 0.328 e. The van der Waals surface area contributed by atoms with Crippen molar-refractivity contribution < 1.29 is 24.1 Å². The molecule has 0 bridgehead atoms. The van der Waals surface area contributed by atoms with Crippen molar-refractivity contribution in [1.29, 1.82) is 0 Å². The Morgan fingerprint density at radius 2 is 2.35 bits per heavy atom. The van der Waals surface area contributed by atoms with Crippen molar-refractivity contribution in [2.75, 3.05) is 26.9 Å². The number of benzene rings is 1. The molecule has 20 heavy (non-hydrogen) atoms. The van der Waals surface area contributed by atoms with Crippen molar-refractivity contribution in [2.45, 2.75) is 6.42 Å². The van der Waals surface area contributed by atoms with E-state index in [1.165, 1.54) is 6.08 Å². The van der Waals surface area contributed by atoms with Crippen molar-refractivity contribution in [1.82, 2.24) is 0 Å². The second kappa shape index (κ2) is 6.96. The van der Waals surface area contributed by atoms with Gasteiger partial charge >= 0.3 is 5.97 Å². The Hall–Kier alpha value is -2.01. The molecule has 1 aromatic carbocycles. The Morgan fingerprint density at radius 1 is 1.50 bits per heavy atom. The van der Waals surface area contributed by atoms with Crippen LogP contribution in [0.5, 0.6) is 11.5 Å². The summed E-state index contributed by atoms with van der Waals surface area (Å²) >= 11 is 0. The minimum Gasteiger partial charge on any atom is -0.493 e. The topological polar surface area (TPSA) is 65.0 Å². The number of hydrogen-bond acceptors (Lipinski definition) is 4. The predicted octanol–water partition coefficient (Wildman–Crippen LogP) is 2.21. The summed E-state index contributed by atoms with van der Waals surface area (Å²) in [6.07, 6.45) is 3.62. The van der Waals surface area contributed by atoms with Crippen LogP contribution in [0, 0.1) is 5.92 Å². The molecule has 1 fully saturated rings. The van der Waals surface area contributed by atoms with Crippen molar-refractivity contribution >= 4 is 12.0 Å². The van der Waals surface area contributed by atoms with Gasteiger partial charge in [-0.3, -0.25) is 0 Å². The zero-order chi connectivity index (χ0) is 14.4. The van der Waals surface area contributed by atoms with Crippen LogP contribution in [0.3, 0.4) is 0 Å². The van der Waals surface area contributed by atoms with E-state index >= 15 is 0 Å². The van der Waals surface area contributed by atoms with Crippen LogP contribution in [0.2, 0.25) is 0 Å². The zero-order valence-corrected chi connectivity index (χ0v) is 11.4. The molecule has 2 rings (SSSR count). The van der Waals surface area contributed by atoms with Crippen molar-refractivity contribution in [2.24, 2.45) is 5.92 Å². The zero-order valence-electron chi connectivity index (χ0n) is 11.4. The van der Waals surface area contributed by atoms with Gasteiger partial charge in [-0.15, -0.1) is 0 Å². The van der Waals surface area contributed by atoms with Gasteiger partial charge in [0.2, 0.25) is 0 Å². The van der Waals surface area contributed by atoms with Crippen molar-refractivity contribution in [3.05, 3.63) is 29.8 Å². The normalized spacial score (nSPS) is 18.4. The highest BCUT2D eigenvalue weighted by atomic mass is 16.5. The van der Waals surface area contributed by atoms with E-state index in [1.54, 1.807) is 25.3 Å². The first kappa shape index (κ1) is 14.4. The van der Waals surface area contributed by atoms with Gasteiger partial charge in [0.15, 0.2) is 11.5 Å². The van der Waals surface area contributed by atoms with Gasteiger partial charge in [-0.25, -0.2) is 4.79 Å². The first-order valence-corrected chi connectivity index (χ1v) is 6.48. The van der Waals surface area contributed by atoms with E-state index in [4.69, 9.17) is 19.3 Å². The number of aliphatic carboxylic acids is 1. The van der Waals surface area contributed by atoms with E-state index in [-0.39, 0.29) is 0 Å². The van der Waals surface area contributed by atoms with Gasteiger partial charge in [0, 0.05) is 18.6 Å². The molecular weight excluding hydrogens is 260 g/mol. The van der Waals surface area contributed by atoms with E-state index in [0.717, 1.165) is 31.3 Å². The largest absolute Gasteiger partial charge is 0.493 e. The molecule has 1 aromatic rings. The fourth-order valence-electron chi connectivity index (χ4n) is 2.00.